The molecule has 0 amide bonds. The predicted molar refractivity (Wildman–Crippen MR) is 78.0 cm³/mol. The van der Waals surface area contributed by atoms with Crippen LogP contribution in [-0.4, -0.2) is 6.04 Å². The minimum absolute atomic E-state index is 0.434. The Morgan fingerprint density at radius 3 is 2.71 bits per heavy atom. The highest BCUT2D eigenvalue weighted by Crippen LogP contribution is 2.29. The van der Waals surface area contributed by atoms with Crippen molar-refractivity contribution in [2.24, 2.45) is 11.8 Å². The van der Waals surface area contributed by atoms with E-state index in [2.05, 4.69) is 33.5 Å². The summed E-state index contributed by atoms with van der Waals surface area (Å²) < 4.78 is 1.21. The fourth-order valence-electron chi connectivity index (χ4n) is 2.74. The topological polar surface area (TPSA) is 38.0 Å². The number of thiophene rings is 1. The maximum atomic E-state index is 5.69. The van der Waals surface area contributed by atoms with E-state index in [0.717, 1.165) is 12.3 Å². The molecular formula is C13H21BrN2S. The number of halogens is 1. The van der Waals surface area contributed by atoms with Gasteiger partial charge in [0.15, 0.2) is 0 Å². The molecule has 2 rings (SSSR count). The molecule has 0 aromatic carbocycles. The maximum Gasteiger partial charge on any atom is 0.0701 e. The zero-order chi connectivity index (χ0) is 12.1. The summed E-state index contributed by atoms with van der Waals surface area (Å²) in [4.78, 5) is 1.41. The Kier molecular flexibility index (Phi) is 5.48. The highest BCUT2D eigenvalue weighted by molar-refractivity contribution is 9.11. The highest BCUT2D eigenvalue weighted by atomic mass is 79.9. The zero-order valence-corrected chi connectivity index (χ0v) is 12.5. The van der Waals surface area contributed by atoms with Crippen LogP contribution < -0.4 is 11.3 Å². The first-order valence-corrected chi connectivity index (χ1v) is 8.09. The molecule has 0 aliphatic heterocycles. The number of hydrazine groups is 1. The lowest BCUT2D eigenvalue weighted by atomic mass is 9.84. The van der Waals surface area contributed by atoms with Crippen LogP contribution in [0.15, 0.2) is 15.9 Å². The molecule has 1 atom stereocenters. The molecule has 17 heavy (non-hydrogen) atoms. The van der Waals surface area contributed by atoms with E-state index >= 15 is 0 Å². The summed E-state index contributed by atoms with van der Waals surface area (Å²) in [6.45, 7) is 0. The normalized spacial score (nSPS) is 19.4. The summed E-state index contributed by atoms with van der Waals surface area (Å²) in [6.07, 6.45) is 9.32. The molecule has 0 bridgehead atoms. The van der Waals surface area contributed by atoms with Gasteiger partial charge in [-0.15, -0.1) is 11.3 Å². The van der Waals surface area contributed by atoms with E-state index in [1.807, 2.05) is 11.3 Å². The van der Waals surface area contributed by atoms with Crippen molar-refractivity contribution in [3.05, 3.63) is 20.8 Å². The fraction of sp³-hybridized carbons (Fsp3) is 0.692. The van der Waals surface area contributed by atoms with E-state index in [-0.39, 0.29) is 0 Å². The monoisotopic (exact) mass is 316 g/mol. The number of hydrogen-bond acceptors (Lipinski definition) is 3. The van der Waals surface area contributed by atoms with Crippen molar-refractivity contribution in [3.63, 3.8) is 0 Å². The fourth-order valence-corrected chi connectivity index (χ4v) is 4.30. The summed E-state index contributed by atoms with van der Waals surface area (Å²) in [5.41, 5.74) is 3.00. The molecule has 0 saturated heterocycles. The third-order valence-corrected chi connectivity index (χ3v) is 5.30. The lowest BCUT2D eigenvalue weighted by Crippen LogP contribution is -2.38. The summed E-state index contributed by atoms with van der Waals surface area (Å²) in [5.74, 6) is 6.57. The average Bonchev–Trinajstić information content (AvgIpc) is 2.75. The van der Waals surface area contributed by atoms with Crippen molar-refractivity contribution in [1.29, 1.82) is 0 Å². The van der Waals surface area contributed by atoms with Crippen LogP contribution in [-0.2, 0) is 6.42 Å². The van der Waals surface area contributed by atoms with E-state index in [4.69, 9.17) is 5.84 Å². The second kappa shape index (κ2) is 6.88. The quantitative estimate of drug-likeness (QED) is 0.639. The van der Waals surface area contributed by atoms with Gasteiger partial charge >= 0.3 is 0 Å². The number of nitrogens with one attached hydrogen (secondary N) is 1. The van der Waals surface area contributed by atoms with Crippen molar-refractivity contribution >= 4 is 27.3 Å². The Bertz CT molecular complexity index is 334. The van der Waals surface area contributed by atoms with Gasteiger partial charge in [0.2, 0.25) is 0 Å². The molecule has 1 aromatic heterocycles. The second-order valence-electron chi connectivity index (χ2n) is 5.01. The van der Waals surface area contributed by atoms with Gasteiger partial charge in [0.1, 0.15) is 0 Å². The molecule has 3 N–H and O–H groups in total. The third-order valence-electron chi connectivity index (χ3n) is 3.65. The van der Waals surface area contributed by atoms with Crippen LogP contribution in [0, 0.1) is 5.92 Å². The Morgan fingerprint density at radius 2 is 2.12 bits per heavy atom. The molecule has 0 radical (unpaired) electrons. The molecule has 1 aromatic rings. The zero-order valence-electron chi connectivity index (χ0n) is 10.1. The van der Waals surface area contributed by atoms with Gasteiger partial charge in [0.25, 0.3) is 0 Å². The van der Waals surface area contributed by atoms with E-state index in [0.29, 0.717) is 6.04 Å². The van der Waals surface area contributed by atoms with Gasteiger partial charge in [-0.05, 0) is 46.8 Å². The lowest BCUT2D eigenvalue weighted by molar-refractivity contribution is 0.298. The van der Waals surface area contributed by atoms with Gasteiger partial charge in [0.05, 0.1) is 3.79 Å². The van der Waals surface area contributed by atoms with Crippen molar-refractivity contribution in [3.8, 4) is 0 Å². The number of hydrogen-bond donors (Lipinski definition) is 2. The molecular weight excluding hydrogens is 296 g/mol. The first-order valence-electron chi connectivity index (χ1n) is 6.48. The summed E-state index contributed by atoms with van der Waals surface area (Å²) in [6, 6.07) is 4.75. The van der Waals surface area contributed by atoms with Crippen molar-refractivity contribution in [1.82, 2.24) is 5.43 Å². The van der Waals surface area contributed by atoms with Gasteiger partial charge in [-0.25, -0.2) is 0 Å². The molecule has 1 unspecified atom stereocenters. The van der Waals surface area contributed by atoms with E-state index in [1.165, 1.54) is 47.2 Å². The summed E-state index contributed by atoms with van der Waals surface area (Å²) >= 11 is 5.32. The van der Waals surface area contributed by atoms with Crippen LogP contribution in [0.4, 0.5) is 0 Å². The van der Waals surface area contributed by atoms with E-state index in [9.17, 15) is 0 Å². The van der Waals surface area contributed by atoms with Gasteiger partial charge in [-0.3, -0.25) is 11.3 Å². The molecule has 1 heterocycles. The minimum atomic E-state index is 0.434. The van der Waals surface area contributed by atoms with Gasteiger partial charge in [-0.1, -0.05) is 32.1 Å². The molecule has 1 aliphatic carbocycles. The molecule has 1 saturated carbocycles. The number of rotatable bonds is 5. The SMILES string of the molecule is NNC(Cc1ccc(Br)s1)CC1CCCCC1. The molecule has 1 aliphatic rings. The summed E-state index contributed by atoms with van der Waals surface area (Å²) in [7, 11) is 0. The Morgan fingerprint density at radius 1 is 1.35 bits per heavy atom. The number of nitrogens with two attached hydrogens (primary N) is 1. The standard InChI is InChI=1S/C13H21BrN2S/c14-13-7-6-12(17-13)9-11(16-15)8-10-4-2-1-3-5-10/h6-7,10-11,16H,1-5,8-9,15H2. The molecule has 2 nitrogen and oxygen atoms in total. The summed E-state index contributed by atoms with van der Waals surface area (Å²) in [5, 5.41) is 0. The Hall–Kier alpha value is 0.1000. The third kappa shape index (κ3) is 4.36. The van der Waals surface area contributed by atoms with Crippen LogP contribution >= 0.6 is 27.3 Å². The van der Waals surface area contributed by atoms with Crippen molar-refractivity contribution in [2.45, 2.75) is 51.0 Å². The van der Waals surface area contributed by atoms with Crippen LogP contribution in [0.1, 0.15) is 43.4 Å². The highest BCUT2D eigenvalue weighted by Gasteiger charge is 2.18. The van der Waals surface area contributed by atoms with Gasteiger partial charge in [0, 0.05) is 10.9 Å². The molecule has 96 valence electrons. The smallest absolute Gasteiger partial charge is 0.0701 e. The molecule has 4 heteroatoms. The van der Waals surface area contributed by atoms with Crippen LogP contribution in [0.2, 0.25) is 0 Å². The lowest BCUT2D eigenvalue weighted by Gasteiger charge is -2.25. The Labute approximate surface area is 116 Å². The van der Waals surface area contributed by atoms with E-state index in [1.54, 1.807) is 0 Å². The minimum Gasteiger partial charge on any atom is -0.271 e. The van der Waals surface area contributed by atoms with Crippen molar-refractivity contribution < 1.29 is 0 Å². The van der Waals surface area contributed by atoms with Crippen LogP contribution in [0.3, 0.4) is 0 Å². The van der Waals surface area contributed by atoms with Gasteiger partial charge in [-0.2, -0.15) is 0 Å². The maximum absolute atomic E-state index is 5.69. The van der Waals surface area contributed by atoms with Crippen LogP contribution in [0.25, 0.3) is 0 Å². The van der Waals surface area contributed by atoms with Gasteiger partial charge < -0.3 is 0 Å². The average molecular weight is 317 g/mol. The molecule has 1 fully saturated rings. The predicted octanol–water partition coefficient (Wildman–Crippen LogP) is 3.86. The van der Waals surface area contributed by atoms with E-state index < -0.39 is 0 Å². The molecule has 0 spiro atoms. The largest absolute Gasteiger partial charge is 0.271 e. The van der Waals surface area contributed by atoms with Crippen LogP contribution in [0.5, 0.6) is 0 Å². The Balaban J connectivity index is 1.83. The first kappa shape index (κ1) is 13.5. The van der Waals surface area contributed by atoms with Crippen molar-refractivity contribution in [2.75, 3.05) is 0 Å². The second-order valence-corrected chi connectivity index (χ2v) is 7.56. The first-order chi connectivity index (χ1) is 8.28.